The second-order valence-corrected chi connectivity index (χ2v) is 6.93. The molecule has 2 aromatic rings. The Hall–Kier alpha value is -2.70. The number of morpholine rings is 1. The third-order valence-electron chi connectivity index (χ3n) is 4.77. The summed E-state index contributed by atoms with van der Waals surface area (Å²) in [5, 5.41) is 5.80. The van der Waals surface area contributed by atoms with E-state index in [0.717, 1.165) is 44.8 Å². The van der Waals surface area contributed by atoms with E-state index in [4.69, 9.17) is 4.74 Å². The molecule has 6 nitrogen and oxygen atoms in total. The Labute approximate surface area is 165 Å². The fraction of sp³-hybridized carbons (Fsp3) is 0.364. The molecule has 0 radical (unpaired) electrons. The van der Waals surface area contributed by atoms with Crippen LogP contribution >= 0.6 is 0 Å². The van der Waals surface area contributed by atoms with Crippen LogP contribution in [0, 0.1) is 6.92 Å². The lowest BCUT2D eigenvalue weighted by Crippen LogP contribution is -2.38. The molecule has 0 unspecified atom stereocenters. The minimum atomic E-state index is -0.229. The van der Waals surface area contributed by atoms with Crippen molar-refractivity contribution in [3.8, 4) is 0 Å². The van der Waals surface area contributed by atoms with Gasteiger partial charge in [0.1, 0.15) is 0 Å². The van der Waals surface area contributed by atoms with Crippen molar-refractivity contribution in [3.05, 3.63) is 65.2 Å². The summed E-state index contributed by atoms with van der Waals surface area (Å²) in [4.78, 5) is 27.4. The van der Waals surface area contributed by atoms with E-state index in [9.17, 15) is 9.59 Å². The molecule has 2 N–H and O–H groups in total. The number of hydrogen-bond donors (Lipinski definition) is 2. The van der Waals surface area contributed by atoms with Gasteiger partial charge >= 0.3 is 0 Å². The van der Waals surface area contributed by atoms with E-state index in [1.165, 1.54) is 0 Å². The highest BCUT2D eigenvalue weighted by atomic mass is 16.5. The smallest absolute Gasteiger partial charge is 0.255 e. The molecule has 148 valence electrons. The summed E-state index contributed by atoms with van der Waals surface area (Å²) in [6, 6.07) is 14.4. The molecule has 0 spiro atoms. The fourth-order valence-corrected chi connectivity index (χ4v) is 3.11. The van der Waals surface area contributed by atoms with E-state index in [1.54, 1.807) is 36.4 Å². The van der Waals surface area contributed by atoms with Gasteiger partial charge in [0.15, 0.2) is 0 Å². The molecule has 0 atom stereocenters. The number of carbonyl (C=O) groups excluding carboxylic acids is 2. The second kappa shape index (κ2) is 10.0. The number of para-hydroxylation sites is 1. The Bertz CT molecular complexity index is 799. The number of hydrogen-bond acceptors (Lipinski definition) is 4. The second-order valence-electron chi connectivity index (χ2n) is 6.93. The molecule has 6 heteroatoms. The van der Waals surface area contributed by atoms with Gasteiger partial charge in [0.2, 0.25) is 0 Å². The van der Waals surface area contributed by atoms with Gasteiger partial charge in [-0.2, -0.15) is 0 Å². The molecule has 1 aliphatic heterocycles. The van der Waals surface area contributed by atoms with Gasteiger partial charge in [-0.05, 0) is 44.2 Å². The molecule has 0 saturated carbocycles. The molecular weight excluding hydrogens is 354 g/mol. The number of rotatable bonds is 7. The Kier molecular flexibility index (Phi) is 7.17. The van der Waals surface area contributed by atoms with E-state index in [2.05, 4.69) is 15.5 Å². The van der Waals surface area contributed by atoms with Crippen LogP contribution in [0.25, 0.3) is 0 Å². The SMILES string of the molecule is Cc1ccc(C(=O)Nc2ccccc2C(=O)NCCCN2CCOCC2)cc1. The van der Waals surface area contributed by atoms with Crippen molar-refractivity contribution < 1.29 is 14.3 Å². The average molecular weight is 381 g/mol. The third kappa shape index (κ3) is 5.65. The Morgan fingerprint density at radius 2 is 1.71 bits per heavy atom. The molecule has 2 aromatic carbocycles. The van der Waals surface area contributed by atoms with Crippen molar-refractivity contribution in [2.24, 2.45) is 0 Å². The van der Waals surface area contributed by atoms with Crippen LogP contribution in [0.3, 0.4) is 0 Å². The Balaban J connectivity index is 1.54. The number of amides is 2. The minimum Gasteiger partial charge on any atom is -0.379 e. The molecule has 1 saturated heterocycles. The quantitative estimate of drug-likeness (QED) is 0.724. The summed E-state index contributed by atoms with van der Waals surface area (Å²) in [5.41, 5.74) is 2.63. The van der Waals surface area contributed by atoms with Crippen LogP contribution in [-0.2, 0) is 4.74 Å². The first-order valence-electron chi connectivity index (χ1n) is 9.69. The van der Waals surface area contributed by atoms with Gasteiger partial charge in [-0.3, -0.25) is 14.5 Å². The third-order valence-corrected chi connectivity index (χ3v) is 4.77. The largest absolute Gasteiger partial charge is 0.379 e. The van der Waals surface area contributed by atoms with E-state index in [-0.39, 0.29) is 11.8 Å². The molecule has 0 aromatic heterocycles. The highest BCUT2D eigenvalue weighted by Crippen LogP contribution is 2.16. The van der Waals surface area contributed by atoms with Crippen LogP contribution in [0.15, 0.2) is 48.5 Å². The molecular formula is C22H27N3O3. The zero-order chi connectivity index (χ0) is 19.8. The van der Waals surface area contributed by atoms with Crippen molar-refractivity contribution in [3.63, 3.8) is 0 Å². The number of ether oxygens (including phenoxy) is 1. The summed E-state index contributed by atoms with van der Waals surface area (Å²) in [6.07, 6.45) is 0.879. The van der Waals surface area contributed by atoms with Gasteiger partial charge < -0.3 is 15.4 Å². The van der Waals surface area contributed by atoms with Crippen LogP contribution in [0.1, 0.15) is 32.7 Å². The van der Waals surface area contributed by atoms with Crippen molar-refractivity contribution in [1.29, 1.82) is 0 Å². The summed E-state index contributed by atoms with van der Waals surface area (Å²) < 4.78 is 5.34. The van der Waals surface area contributed by atoms with Crippen molar-refractivity contribution in [2.75, 3.05) is 44.7 Å². The predicted octanol–water partition coefficient (Wildman–Crippen LogP) is 2.70. The number of benzene rings is 2. The zero-order valence-electron chi connectivity index (χ0n) is 16.2. The average Bonchev–Trinajstić information content (AvgIpc) is 2.72. The molecule has 3 rings (SSSR count). The van der Waals surface area contributed by atoms with Crippen LogP contribution in [0.5, 0.6) is 0 Å². The number of anilines is 1. The van der Waals surface area contributed by atoms with E-state index in [1.807, 2.05) is 19.1 Å². The van der Waals surface area contributed by atoms with E-state index >= 15 is 0 Å². The van der Waals surface area contributed by atoms with Gasteiger partial charge in [-0.25, -0.2) is 0 Å². The first kappa shape index (κ1) is 20.0. The van der Waals surface area contributed by atoms with Crippen molar-refractivity contribution in [1.82, 2.24) is 10.2 Å². The summed E-state index contributed by atoms with van der Waals surface area (Å²) in [6.45, 7) is 6.96. The summed E-state index contributed by atoms with van der Waals surface area (Å²) >= 11 is 0. The number of nitrogens with one attached hydrogen (secondary N) is 2. The summed E-state index contributed by atoms with van der Waals surface area (Å²) in [7, 11) is 0. The van der Waals surface area contributed by atoms with Crippen molar-refractivity contribution >= 4 is 17.5 Å². The lowest BCUT2D eigenvalue weighted by atomic mass is 10.1. The lowest BCUT2D eigenvalue weighted by molar-refractivity contribution is 0.0374. The number of carbonyl (C=O) groups is 2. The van der Waals surface area contributed by atoms with Gasteiger partial charge in [0.05, 0.1) is 24.5 Å². The monoisotopic (exact) mass is 381 g/mol. The number of aryl methyl sites for hydroxylation is 1. The van der Waals surface area contributed by atoms with Crippen LogP contribution in [0.2, 0.25) is 0 Å². The Morgan fingerprint density at radius 1 is 1.00 bits per heavy atom. The zero-order valence-corrected chi connectivity index (χ0v) is 16.2. The van der Waals surface area contributed by atoms with Gasteiger partial charge in [0, 0.05) is 25.2 Å². The molecule has 2 amide bonds. The highest BCUT2D eigenvalue weighted by Gasteiger charge is 2.14. The standard InChI is InChI=1S/C22H27N3O3/c1-17-7-9-18(10-8-17)21(26)24-20-6-3-2-5-19(20)22(27)23-11-4-12-25-13-15-28-16-14-25/h2-3,5-10H,4,11-16H2,1H3,(H,23,27)(H,24,26). The minimum absolute atomic E-state index is 0.179. The predicted molar refractivity (Wildman–Crippen MR) is 110 cm³/mol. The van der Waals surface area contributed by atoms with Crippen molar-refractivity contribution in [2.45, 2.75) is 13.3 Å². The van der Waals surface area contributed by atoms with E-state index in [0.29, 0.717) is 23.4 Å². The van der Waals surface area contributed by atoms with Crippen LogP contribution in [-0.4, -0.2) is 56.1 Å². The Morgan fingerprint density at radius 3 is 2.46 bits per heavy atom. The van der Waals surface area contributed by atoms with Crippen LogP contribution in [0.4, 0.5) is 5.69 Å². The maximum Gasteiger partial charge on any atom is 0.255 e. The molecule has 0 bridgehead atoms. The molecule has 1 aliphatic rings. The number of nitrogens with zero attached hydrogens (tertiary/aromatic N) is 1. The van der Waals surface area contributed by atoms with Gasteiger partial charge in [-0.1, -0.05) is 29.8 Å². The van der Waals surface area contributed by atoms with Crippen LogP contribution < -0.4 is 10.6 Å². The van der Waals surface area contributed by atoms with E-state index < -0.39 is 0 Å². The van der Waals surface area contributed by atoms with Gasteiger partial charge in [-0.15, -0.1) is 0 Å². The fourth-order valence-electron chi connectivity index (χ4n) is 3.11. The molecule has 1 heterocycles. The maximum atomic E-state index is 12.6. The lowest BCUT2D eigenvalue weighted by Gasteiger charge is -2.26. The first-order valence-corrected chi connectivity index (χ1v) is 9.69. The highest BCUT2D eigenvalue weighted by molar-refractivity contribution is 6.09. The first-order chi connectivity index (χ1) is 13.6. The summed E-state index contributed by atoms with van der Waals surface area (Å²) in [5.74, 6) is -0.408. The molecule has 28 heavy (non-hydrogen) atoms. The topological polar surface area (TPSA) is 70.7 Å². The maximum absolute atomic E-state index is 12.6. The van der Waals surface area contributed by atoms with Gasteiger partial charge in [0.25, 0.3) is 11.8 Å². The molecule has 0 aliphatic carbocycles. The molecule has 1 fully saturated rings. The normalized spacial score (nSPS) is 14.5.